The highest BCUT2D eigenvalue weighted by Gasteiger charge is 2.36. The van der Waals surface area contributed by atoms with Crippen LogP contribution in [0, 0.1) is 19.8 Å². The smallest absolute Gasteiger partial charge is 0.232 e. The van der Waals surface area contributed by atoms with E-state index in [4.69, 9.17) is 0 Å². The highest BCUT2D eigenvalue weighted by atomic mass is 32.1. The summed E-state index contributed by atoms with van der Waals surface area (Å²) in [5.74, 6) is -0.938. The summed E-state index contributed by atoms with van der Waals surface area (Å²) in [4.78, 5) is 38.5. The van der Waals surface area contributed by atoms with Crippen LogP contribution in [-0.4, -0.2) is 29.0 Å². The third kappa shape index (κ3) is 2.22. The monoisotopic (exact) mass is 265 g/mol. The summed E-state index contributed by atoms with van der Waals surface area (Å²) < 4.78 is 0. The van der Waals surface area contributed by atoms with Crippen molar-refractivity contribution in [2.75, 3.05) is 6.54 Å². The van der Waals surface area contributed by atoms with Crippen LogP contribution in [0.2, 0.25) is 0 Å². The van der Waals surface area contributed by atoms with Crippen LogP contribution in [0.4, 0.5) is 0 Å². The number of ketones is 1. The van der Waals surface area contributed by atoms with Crippen molar-refractivity contribution in [3.8, 4) is 0 Å². The molecule has 0 saturated carbocycles. The standard InChI is InChI=1S/C13H15NO3S/c1-7-4-12(16)14(13(7)17)6-11(15)10-5-8(2)18-9(10)3/h5,7H,4,6H2,1-3H3. The van der Waals surface area contributed by atoms with Crippen molar-refractivity contribution in [2.24, 2.45) is 5.92 Å². The molecule has 1 fully saturated rings. The van der Waals surface area contributed by atoms with Crippen molar-refractivity contribution in [1.29, 1.82) is 0 Å². The van der Waals surface area contributed by atoms with Gasteiger partial charge in [-0.1, -0.05) is 6.92 Å². The van der Waals surface area contributed by atoms with Crippen LogP contribution in [0.3, 0.4) is 0 Å². The number of Topliss-reactive ketones (excluding diaryl/α,β-unsaturated/α-hetero) is 1. The van der Waals surface area contributed by atoms with Crippen LogP contribution in [0.15, 0.2) is 6.07 Å². The van der Waals surface area contributed by atoms with Crippen molar-refractivity contribution in [1.82, 2.24) is 4.90 Å². The number of rotatable bonds is 3. The van der Waals surface area contributed by atoms with E-state index in [9.17, 15) is 14.4 Å². The van der Waals surface area contributed by atoms with Gasteiger partial charge >= 0.3 is 0 Å². The summed E-state index contributed by atoms with van der Waals surface area (Å²) in [7, 11) is 0. The first kappa shape index (κ1) is 13.0. The molecule has 1 atom stereocenters. The average molecular weight is 265 g/mol. The Labute approximate surface area is 110 Å². The van der Waals surface area contributed by atoms with Crippen LogP contribution in [0.5, 0.6) is 0 Å². The Kier molecular flexibility index (Phi) is 3.34. The predicted molar refractivity (Wildman–Crippen MR) is 68.6 cm³/mol. The SMILES string of the molecule is Cc1cc(C(=O)CN2C(=O)CC(C)C2=O)c(C)s1. The van der Waals surface area contributed by atoms with E-state index in [0.29, 0.717) is 5.56 Å². The Morgan fingerprint density at radius 1 is 1.44 bits per heavy atom. The first-order chi connectivity index (χ1) is 8.40. The van der Waals surface area contributed by atoms with E-state index in [0.717, 1.165) is 14.7 Å². The number of imide groups is 1. The number of amides is 2. The Morgan fingerprint density at radius 2 is 2.11 bits per heavy atom. The quantitative estimate of drug-likeness (QED) is 0.620. The molecule has 1 aromatic heterocycles. The van der Waals surface area contributed by atoms with Crippen molar-refractivity contribution in [2.45, 2.75) is 27.2 Å². The van der Waals surface area contributed by atoms with E-state index in [1.54, 1.807) is 18.3 Å². The number of hydrogen-bond donors (Lipinski definition) is 0. The molecule has 2 amide bonds. The molecule has 5 heteroatoms. The first-order valence-corrected chi connectivity index (χ1v) is 6.66. The lowest BCUT2D eigenvalue weighted by Gasteiger charge is -2.12. The van der Waals surface area contributed by atoms with Gasteiger partial charge in [0, 0.05) is 27.7 Å². The van der Waals surface area contributed by atoms with Crippen LogP contribution >= 0.6 is 11.3 Å². The molecule has 1 aromatic rings. The average Bonchev–Trinajstić information content (AvgIpc) is 2.73. The van der Waals surface area contributed by atoms with Crippen LogP contribution < -0.4 is 0 Å². The normalized spacial score (nSPS) is 19.7. The summed E-state index contributed by atoms with van der Waals surface area (Å²) in [5.41, 5.74) is 0.623. The van der Waals surface area contributed by atoms with Crippen molar-refractivity contribution >= 4 is 28.9 Å². The molecule has 0 aromatic carbocycles. The zero-order valence-electron chi connectivity index (χ0n) is 10.6. The lowest BCUT2D eigenvalue weighted by Crippen LogP contribution is -2.35. The van der Waals surface area contributed by atoms with Gasteiger partial charge in [-0.3, -0.25) is 19.3 Å². The summed E-state index contributed by atoms with van der Waals surface area (Å²) >= 11 is 1.55. The summed E-state index contributed by atoms with van der Waals surface area (Å²) in [5, 5.41) is 0. The summed E-state index contributed by atoms with van der Waals surface area (Å²) in [6, 6.07) is 1.82. The number of nitrogens with zero attached hydrogens (tertiary/aromatic N) is 1. The number of carbonyl (C=O) groups is 3. The van der Waals surface area contributed by atoms with Crippen LogP contribution in [-0.2, 0) is 9.59 Å². The topological polar surface area (TPSA) is 54.5 Å². The molecule has 0 spiro atoms. The molecule has 1 aliphatic rings. The second kappa shape index (κ2) is 4.65. The Hall–Kier alpha value is -1.49. The van der Waals surface area contributed by atoms with Gasteiger partial charge < -0.3 is 0 Å². The maximum Gasteiger partial charge on any atom is 0.232 e. The van der Waals surface area contributed by atoms with Gasteiger partial charge in [0.05, 0.1) is 6.54 Å². The molecule has 0 N–H and O–H groups in total. The zero-order valence-corrected chi connectivity index (χ0v) is 11.5. The molecule has 96 valence electrons. The molecule has 1 saturated heterocycles. The van der Waals surface area contributed by atoms with Gasteiger partial charge in [0.1, 0.15) is 0 Å². The third-order valence-corrected chi connectivity index (χ3v) is 4.08. The van der Waals surface area contributed by atoms with Gasteiger partial charge in [0.15, 0.2) is 5.78 Å². The maximum atomic E-state index is 12.1. The van der Waals surface area contributed by atoms with E-state index in [-0.39, 0.29) is 36.5 Å². The van der Waals surface area contributed by atoms with E-state index in [1.807, 2.05) is 19.9 Å². The molecule has 2 heterocycles. The second-order valence-corrected chi connectivity index (χ2v) is 6.13. The van der Waals surface area contributed by atoms with Crippen molar-refractivity contribution in [3.63, 3.8) is 0 Å². The van der Waals surface area contributed by atoms with Crippen LogP contribution in [0.1, 0.15) is 33.5 Å². The first-order valence-electron chi connectivity index (χ1n) is 5.84. The highest BCUT2D eigenvalue weighted by molar-refractivity contribution is 7.12. The van der Waals surface area contributed by atoms with Gasteiger partial charge in [-0.25, -0.2) is 0 Å². The maximum absolute atomic E-state index is 12.1. The van der Waals surface area contributed by atoms with Crippen molar-refractivity contribution < 1.29 is 14.4 Å². The Bertz CT molecular complexity index is 532. The minimum Gasteiger partial charge on any atom is -0.292 e. The zero-order chi connectivity index (χ0) is 13.4. The number of aryl methyl sites for hydroxylation is 2. The van der Waals surface area contributed by atoms with Gasteiger partial charge in [-0.2, -0.15) is 0 Å². The van der Waals surface area contributed by atoms with E-state index >= 15 is 0 Å². The van der Waals surface area contributed by atoms with Gasteiger partial charge in [-0.05, 0) is 19.9 Å². The molecule has 1 aliphatic heterocycles. The van der Waals surface area contributed by atoms with Gasteiger partial charge in [-0.15, -0.1) is 11.3 Å². The predicted octanol–water partition coefficient (Wildman–Crippen LogP) is 1.94. The fourth-order valence-electron chi connectivity index (χ4n) is 2.15. The molecule has 0 bridgehead atoms. The Balaban J connectivity index is 2.15. The lowest BCUT2D eigenvalue weighted by molar-refractivity contribution is -0.138. The molecule has 18 heavy (non-hydrogen) atoms. The minimum atomic E-state index is -0.296. The van der Waals surface area contributed by atoms with E-state index in [2.05, 4.69) is 0 Å². The molecule has 4 nitrogen and oxygen atoms in total. The van der Waals surface area contributed by atoms with E-state index in [1.165, 1.54) is 0 Å². The molecular weight excluding hydrogens is 250 g/mol. The number of hydrogen-bond acceptors (Lipinski definition) is 4. The highest BCUT2D eigenvalue weighted by Crippen LogP contribution is 2.23. The fourth-order valence-corrected chi connectivity index (χ4v) is 3.09. The number of likely N-dealkylation sites (tertiary alicyclic amines) is 1. The van der Waals surface area contributed by atoms with Gasteiger partial charge in [0.25, 0.3) is 0 Å². The molecule has 0 radical (unpaired) electrons. The number of thiophene rings is 1. The van der Waals surface area contributed by atoms with E-state index < -0.39 is 0 Å². The molecule has 1 unspecified atom stereocenters. The molecule has 2 rings (SSSR count). The largest absolute Gasteiger partial charge is 0.292 e. The molecule has 0 aliphatic carbocycles. The van der Waals surface area contributed by atoms with Gasteiger partial charge in [0.2, 0.25) is 11.8 Å². The van der Waals surface area contributed by atoms with Crippen LogP contribution in [0.25, 0.3) is 0 Å². The molecular formula is C13H15NO3S. The summed E-state index contributed by atoms with van der Waals surface area (Å²) in [6.45, 7) is 5.40. The fraction of sp³-hybridized carbons (Fsp3) is 0.462. The second-order valence-electron chi connectivity index (χ2n) is 4.67. The summed E-state index contributed by atoms with van der Waals surface area (Å²) in [6.07, 6.45) is 0.216. The minimum absolute atomic E-state index is 0.126. The lowest BCUT2D eigenvalue weighted by atomic mass is 10.1. The number of carbonyl (C=O) groups excluding carboxylic acids is 3. The third-order valence-electron chi connectivity index (χ3n) is 3.11. The van der Waals surface area contributed by atoms with Crippen molar-refractivity contribution in [3.05, 3.63) is 21.4 Å². The Morgan fingerprint density at radius 3 is 2.56 bits per heavy atom.